The third kappa shape index (κ3) is 7.45. The maximum absolute atomic E-state index is 12.0. The van der Waals surface area contributed by atoms with E-state index >= 15 is 0 Å². The number of ether oxygens (including phenoxy) is 1. The van der Waals surface area contributed by atoms with Gasteiger partial charge in [0.2, 0.25) is 0 Å². The molecule has 136 valence electrons. The van der Waals surface area contributed by atoms with E-state index in [-0.39, 0.29) is 18.3 Å². The summed E-state index contributed by atoms with van der Waals surface area (Å²) < 4.78 is 5.59. The van der Waals surface area contributed by atoms with Gasteiger partial charge in [-0.15, -0.1) is 12.4 Å². The van der Waals surface area contributed by atoms with Crippen molar-refractivity contribution in [2.24, 2.45) is 0 Å². The molecule has 1 amide bonds. The quantitative estimate of drug-likeness (QED) is 0.696. The zero-order chi connectivity index (χ0) is 16.7. The molecule has 1 aromatic carbocycles. The van der Waals surface area contributed by atoms with E-state index in [1.54, 1.807) is 25.1 Å². The predicted octanol–water partition coefficient (Wildman–Crippen LogP) is 2.59. The van der Waals surface area contributed by atoms with Crippen LogP contribution in [0.2, 0.25) is 10.0 Å². The van der Waals surface area contributed by atoms with Crippen molar-refractivity contribution in [2.75, 3.05) is 39.3 Å². The minimum atomic E-state index is -0.594. The molecule has 1 saturated heterocycles. The molecule has 0 saturated carbocycles. The second kappa shape index (κ2) is 11.0. The minimum Gasteiger partial charge on any atom is -0.481 e. The summed E-state index contributed by atoms with van der Waals surface area (Å²) in [6, 6.07) is 4.90. The highest BCUT2D eigenvalue weighted by molar-refractivity contribution is 6.34. The number of amides is 1. The largest absolute Gasteiger partial charge is 0.481 e. The second-order valence-electron chi connectivity index (χ2n) is 5.60. The van der Waals surface area contributed by atoms with Crippen LogP contribution in [0.1, 0.15) is 13.3 Å². The Morgan fingerprint density at radius 1 is 1.29 bits per heavy atom. The fourth-order valence-electron chi connectivity index (χ4n) is 2.45. The smallest absolute Gasteiger partial charge is 0.260 e. The van der Waals surface area contributed by atoms with Gasteiger partial charge in [-0.1, -0.05) is 23.2 Å². The number of halogens is 3. The zero-order valence-electron chi connectivity index (χ0n) is 13.7. The van der Waals surface area contributed by atoms with Crippen molar-refractivity contribution in [1.29, 1.82) is 0 Å². The zero-order valence-corrected chi connectivity index (χ0v) is 16.0. The van der Waals surface area contributed by atoms with Gasteiger partial charge < -0.3 is 20.3 Å². The second-order valence-corrected chi connectivity index (χ2v) is 6.47. The van der Waals surface area contributed by atoms with Crippen molar-refractivity contribution in [3.63, 3.8) is 0 Å². The Kier molecular flexibility index (Phi) is 9.78. The minimum absolute atomic E-state index is 0. The van der Waals surface area contributed by atoms with Crippen molar-refractivity contribution in [1.82, 2.24) is 15.5 Å². The topological polar surface area (TPSA) is 53.6 Å². The molecule has 0 aromatic heterocycles. The van der Waals surface area contributed by atoms with Crippen molar-refractivity contribution < 1.29 is 9.53 Å². The summed E-state index contributed by atoms with van der Waals surface area (Å²) in [6.45, 7) is 7.58. The molecule has 5 nitrogen and oxygen atoms in total. The first-order valence-electron chi connectivity index (χ1n) is 7.88. The Labute approximate surface area is 159 Å². The van der Waals surface area contributed by atoms with Gasteiger partial charge in [-0.2, -0.15) is 0 Å². The molecule has 0 spiro atoms. The van der Waals surface area contributed by atoms with Gasteiger partial charge in [-0.25, -0.2) is 0 Å². The van der Waals surface area contributed by atoms with Crippen LogP contribution >= 0.6 is 35.6 Å². The third-order valence-electron chi connectivity index (χ3n) is 3.68. The summed E-state index contributed by atoms with van der Waals surface area (Å²) in [5, 5.41) is 7.19. The molecular formula is C16H24Cl3N3O2. The van der Waals surface area contributed by atoms with Crippen molar-refractivity contribution >= 4 is 41.5 Å². The number of hydrogen-bond acceptors (Lipinski definition) is 4. The maximum Gasteiger partial charge on any atom is 0.260 e. The molecule has 8 heteroatoms. The molecule has 2 rings (SSSR count). The molecule has 0 bridgehead atoms. The van der Waals surface area contributed by atoms with E-state index in [4.69, 9.17) is 27.9 Å². The monoisotopic (exact) mass is 395 g/mol. The summed E-state index contributed by atoms with van der Waals surface area (Å²) in [4.78, 5) is 14.4. The van der Waals surface area contributed by atoms with E-state index in [1.807, 2.05) is 0 Å². The van der Waals surface area contributed by atoms with Crippen molar-refractivity contribution in [2.45, 2.75) is 19.4 Å². The van der Waals surface area contributed by atoms with Crippen LogP contribution in [0.15, 0.2) is 18.2 Å². The first-order chi connectivity index (χ1) is 11.0. The Morgan fingerprint density at radius 2 is 1.92 bits per heavy atom. The van der Waals surface area contributed by atoms with Crippen LogP contribution in [0.3, 0.4) is 0 Å². The van der Waals surface area contributed by atoms with Gasteiger partial charge in [0.1, 0.15) is 5.75 Å². The summed E-state index contributed by atoms with van der Waals surface area (Å²) in [6.07, 6.45) is 0.338. The van der Waals surface area contributed by atoms with Gasteiger partial charge in [0.25, 0.3) is 5.91 Å². The molecule has 1 aliphatic rings. The lowest BCUT2D eigenvalue weighted by molar-refractivity contribution is -0.127. The van der Waals surface area contributed by atoms with Crippen LogP contribution in [0.5, 0.6) is 5.75 Å². The van der Waals surface area contributed by atoms with Crippen LogP contribution in [0.25, 0.3) is 0 Å². The Bertz CT molecular complexity index is 505. The normalized spacial score (nSPS) is 16.1. The van der Waals surface area contributed by atoms with Gasteiger partial charge in [0.05, 0.1) is 0 Å². The number of nitrogens with zero attached hydrogens (tertiary/aromatic N) is 1. The average Bonchev–Trinajstić information content (AvgIpc) is 2.51. The third-order valence-corrected chi connectivity index (χ3v) is 4.11. The van der Waals surface area contributed by atoms with E-state index in [0.717, 1.165) is 39.1 Å². The lowest BCUT2D eigenvalue weighted by atomic mass is 10.3. The highest BCUT2D eigenvalue weighted by atomic mass is 35.5. The molecule has 1 atom stereocenters. The lowest BCUT2D eigenvalue weighted by Gasteiger charge is -2.27. The first kappa shape index (κ1) is 21.3. The van der Waals surface area contributed by atoms with Gasteiger partial charge in [-0.05, 0) is 38.1 Å². The van der Waals surface area contributed by atoms with Gasteiger partial charge >= 0.3 is 0 Å². The maximum atomic E-state index is 12.0. The standard InChI is InChI=1S/C16H23Cl2N3O2.ClH/c1-12(23-15-10-13(17)9-14(18)11-15)16(22)20-3-2-6-21-7-4-19-5-8-21;/h9-12,19H,2-8H2,1H3,(H,20,22);1H. The molecule has 2 N–H and O–H groups in total. The molecule has 1 fully saturated rings. The Balaban J connectivity index is 0.00000288. The van der Waals surface area contributed by atoms with E-state index in [2.05, 4.69) is 15.5 Å². The van der Waals surface area contributed by atoms with Gasteiger partial charge in [-0.3, -0.25) is 4.79 Å². The molecule has 1 aromatic rings. The first-order valence-corrected chi connectivity index (χ1v) is 8.64. The number of hydrogen-bond donors (Lipinski definition) is 2. The molecule has 0 radical (unpaired) electrons. The molecule has 1 heterocycles. The van der Waals surface area contributed by atoms with E-state index in [1.165, 1.54) is 0 Å². The fourth-order valence-corrected chi connectivity index (χ4v) is 2.95. The van der Waals surface area contributed by atoms with Crippen LogP contribution in [-0.4, -0.2) is 56.2 Å². The molecule has 24 heavy (non-hydrogen) atoms. The number of nitrogens with one attached hydrogen (secondary N) is 2. The summed E-state index contributed by atoms with van der Waals surface area (Å²) in [5.74, 6) is 0.354. The lowest BCUT2D eigenvalue weighted by Crippen LogP contribution is -2.44. The number of carbonyl (C=O) groups excluding carboxylic acids is 1. The summed E-state index contributed by atoms with van der Waals surface area (Å²) >= 11 is 11.8. The molecule has 1 unspecified atom stereocenters. The predicted molar refractivity (Wildman–Crippen MR) is 101 cm³/mol. The molecular weight excluding hydrogens is 373 g/mol. The van der Waals surface area contributed by atoms with Crippen LogP contribution in [0.4, 0.5) is 0 Å². The van der Waals surface area contributed by atoms with Crippen LogP contribution in [0, 0.1) is 0 Å². The number of carbonyl (C=O) groups is 1. The van der Waals surface area contributed by atoms with Crippen molar-refractivity contribution in [3.8, 4) is 5.75 Å². The SMILES string of the molecule is CC(Oc1cc(Cl)cc(Cl)c1)C(=O)NCCCN1CCNCC1.Cl. The van der Waals surface area contributed by atoms with E-state index < -0.39 is 6.10 Å². The Hall–Kier alpha value is -0.720. The van der Waals surface area contributed by atoms with Gasteiger partial charge in [0.15, 0.2) is 6.10 Å². The van der Waals surface area contributed by atoms with Crippen LogP contribution < -0.4 is 15.4 Å². The van der Waals surface area contributed by atoms with E-state index in [9.17, 15) is 4.79 Å². The van der Waals surface area contributed by atoms with Gasteiger partial charge in [0, 0.05) is 42.8 Å². The summed E-state index contributed by atoms with van der Waals surface area (Å²) in [5.41, 5.74) is 0. The number of piperazine rings is 1. The van der Waals surface area contributed by atoms with Crippen molar-refractivity contribution in [3.05, 3.63) is 28.2 Å². The summed E-state index contributed by atoms with van der Waals surface area (Å²) in [7, 11) is 0. The van der Waals surface area contributed by atoms with Crippen LogP contribution in [-0.2, 0) is 4.79 Å². The highest BCUT2D eigenvalue weighted by Crippen LogP contribution is 2.24. The number of benzene rings is 1. The average molecular weight is 397 g/mol. The molecule has 1 aliphatic heterocycles. The fraction of sp³-hybridized carbons (Fsp3) is 0.562. The number of rotatable bonds is 7. The Morgan fingerprint density at radius 3 is 2.54 bits per heavy atom. The highest BCUT2D eigenvalue weighted by Gasteiger charge is 2.15. The molecule has 0 aliphatic carbocycles. The van der Waals surface area contributed by atoms with E-state index in [0.29, 0.717) is 22.3 Å².